The highest BCUT2D eigenvalue weighted by molar-refractivity contribution is 7.10. The van der Waals surface area contributed by atoms with Gasteiger partial charge < -0.3 is 19.3 Å². The first-order valence-corrected chi connectivity index (χ1v) is 11.1. The number of carbonyl (C=O) groups excluding carboxylic acids is 1. The molecular formula is C26H22N2O4S. The number of hydrogen-bond acceptors (Lipinski definition) is 6. The fraction of sp³-hybridized carbons (Fsp3) is 0.154. The summed E-state index contributed by atoms with van der Waals surface area (Å²) in [7, 11) is 1.54. The molecule has 0 aliphatic carbocycles. The zero-order valence-corrected chi connectivity index (χ0v) is 19.3. The van der Waals surface area contributed by atoms with Gasteiger partial charge in [0.15, 0.2) is 11.5 Å². The van der Waals surface area contributed by atoms with Crippen LogP contribution < -0.4 is 14.8 Å². The van der Waals surface area contributed by atoms with Crippen LogP contribution in [0.15, 0.2) is 64.5 Å². The molecule has 6 nitrogen and oxygen atoms in total. The van der Waals surface area contributed by atoms with Gasteiger partial charge in [0.25, 0.3) is 5.91 Å². The summed E-state index contributed by atoms with van der Waals surface area (Å²) in [4.78, 5) is 13.8. The Kier molecular flexibility index (Phi) is 6.77. The molecule has 1 amide bonds. The fourth-order valence-corrected chi connectivity index (χ4v) is 3.72. The number of thiophene rings is 1. The number of amides is 1. The Morgan fingerprint density at radius 2 is 1.97 bits per heavy atom. The number of methoxy groups -OCH3 is 1. The highest BCUT2D eigenvalue weighted by Crippen LogP contribution is 2.30. The Morgan fingerprint density at radius 1 is 1.09 bits per heavy atom. The summed E-state index contributed by atoms with van der Waals surface area (Å²) >= 11 is 1.59. The molecule has 0 unspecified atom stereocenters. The molecule has 0 radical (unpaired) electrons. The van der Waals surface area contributed by atoms with Crippen molar-refractivity contribution in [3.05, 3.63) is 93.0 Å². The van der Waals surface area contributed by atoms with Crippen LogP contribution in [0.3, 0.4) is 0 Å². The second kappa shape index (κ2) is 10.1. The molecule has 0 saturated heterocycles. The highest BCUT2D eigenvalue weighted by Gasteiger charge is 2.14. The van der Waals surface area contributed by atoms with Crippen molar-refractivity contribution in [1.29, 1.82) is 0 Å². The lowest BCUT2D eigenvalue weighted by molar-refractivity contribution is 0.102. The summed E-state index contributed by atoms with van der Waals surface area (Å²) in [6.45, 7) is 4.00. The molecular weight excluding hydrogens is 436 g/mol. The molecule has 2 heterocycles. The van der Waals surface area contributed by atoms with Crippen LogP contribution in [-0.2, 0) is 6.61 Å². The average Bonchev–Trinajstić information content (AvgIpc) is 3.46. The van der Waals surface area contributed by atoms with Crippen molar-refractivity contribution in [2.24, 2.45) is 0 Å². The summed E-state index contributed by atoms with van der Waals surface area (Å²) in [6, 6.07) is 16.4. The van der Waals surface area contributed by atoms with E-state index in [0.717, 1.165) is 21.7 Å². The Hall–Kier alpha value is -4.02. The Bertz CT molecular complexity index is 1310. The van der Waals surface area contributed by atoms with Crippen molar-refractivity contribution in [2.45, 2.75) is 20.5 Å². The number of nitrogens with one attached hydrogen (secondary N) is 1. The Balaban J connectivity index is 1.45. The number of carbonyl (C=O) groups is 1. The summed E-state index contributed by atoms with van der Waals surface area (Å²) < 4.78 is 16.5. The second-order valence-corrected chi connectivity index (χ2v) is 8.17. The van der Waals surface area contributed by atoms with E-state index in [4.69, 9.17) is 14.0 Å². The van der Waals surface area contributed by atoms with Crippen molar-refractivity contribution in [3.63, 3.8) is 0 Å². The van der Waals surface area contributed by atoms with Crippen LogP contribution in [0.5, 0.6) is 11.5 Å². The maximum atomic E-state index is 12.8. The first-order chi connectivity index (χ1) is 16.0. The maximum absolute atomic E-state index is 12.8. The number of hydrogen-bond donors (Lipinski definition) is 1. The summed E-state index contributed by atoms with van der Waals surface area (Å²) in [5.74, 6) is 7.69. The maximum Gasteiger partial charge on any atom is 0.255 e. The molecule has 2 aromatic heterocycles. The normalized spacial score (nSPS) is 10.3. The van der Waals surface area contributed by atoms with E-state index in [9.17, 15) is 4.79 Å². The molecule has 0 saturated carbocycles. The average molecular weight is 459 g/mol. The molecule has 0 aliphatic heterocycles. The van der Waals surface area contributed by atoms with Gasteiger partial charge in [-0.3, -0.25) is 4.79 Å². The smallest absolute Gasteiger partial charge is 0.255 e. The Labute approximate surface area is 196 Å². The van der Waals surface area contributed by atoms with E-state index < -0.39 is 0 Å². The van der Waals surface area contributed by atoms with Gasteiger partial charge >= 0.3 is 0 Å². The third-order valence-electron chi connectivity index (χ3n) is 4.95. The SMILES string of the molecule is COc1cc(C(=O)Nc2cccc(C#Cc3cccs3)c2)ccc1OCc1c(C)noc1C. The Morgan fingerprint density at radius 3 is 2.70 bits per heavy atom. The minimum atomic E-state index is -0.256. The number of benzene rings is 2. The van der Waals surface area contributed by atoms with E-state index in [-0.39, 0.29) is 5.91 Å². The van der Waals surface area contributed by atoms with Crippen LogP contribution >= 0.6 is 11.3 Å². The van der Waals surface area contributed by atoms with Gasteiger partial charge in [-0.1, -0.05) is 29.1 Å². The lowest BCUT2D eigenvalue weighted by Gasteiger charge is -2.12. The largest absolute Gasteiger partial charge is 0.493 e. The zero-order valence-electron chi connectivity index (χ0n) is 18.5. The van der Waals surface area contributed by atoms with Crippen molar-refractivity contribution in [3.8, 4) is 23.3 Å². The van der Waals surface area contributed by atoms with Crippen molar-refractivity contribution >= 4 is 22.9 Å². The van der Waals surface area contributed by atoms with Crippen LogP contribution in [0.2, 0.25) is 0 Å². The number of ether oxygens (including phenoxy) is 2. The standard InChI is InChI=1S/C26H22N2O4S/c1-17-23(18(2)32-28-17)16-31-24-12-10-20(15-25(24)30-3)26(29)27-21-7-4-6-19(14-21)9-11-22-8-5-13-33-22/h4-8,10,12-15H,16H2,1-3H3,(H,27,29). The third kappa shape index (κ3) is 5.43. The summed E-state index contributed by atoms with van der Waals surface area (Å²) in [5.41, 5.74) is 3.61. The van der Waals surface area contributed by atoms with Crippen LogP contribution in [0, 0.1) is 25.7 Å². The minimum absolute atomic E-state index is 0.256. The molecule has 33 heavy (non-hydrogen) atoms. The molecule has 1 N–H and O–H groups in total. The highest BCUT2D eigenvalue weighted by atomic mass is 32.1. The number of anilines is 1. The van der Waals surface area contributed by atoms with E-state index in [1.54, 1.807) is 29.5 Å². The molecule has 0 aliphatic rings. The minimum Gasteiger partial charge on any atom is -0.493 e. The van der Waals surface area contributed by atoms with Crippen molar-refractivity contribution in [2.75, 3.05) is 12.4 Å². The van der Waals surface area contributed by atoms with Crippen LogP contribution in [-0.4, -0.2) is 18.2 Å². The quantitative estimate of drug-likeness (QED) is 0.381. The van der Waals surface area contributed by atoms with Crippen LogP contribution in [0.25, 0.3) is 0 Å². The van der Waals surface area contributed by atoms with Gasteiger partial charge in [0.1, 0.15) is 12.4 Å². The fourth-order valence-electron chi connectivity index (χ4n) is 3.15. The van der Waals surface area contributed by atoms with E-state index in [0.29, 0.717) is 35.1 Å². The van der Waals surface area contributed by atoms with E-state index in [1.165, 1.54) is 7.11 Å². The molecule has 2 aromatic carbocycles. The summed E-state index contributed by atoms with van der Waals surface area (Å²) in [5, 5.41) is 8.83. The van der Waals surface area contributed by atoms with Gasteiger partial charge in [-0.25, -0.2) is 0 Å². The molecule has 4 rings (SSSR count). The van der Waals surface area contributed by atoms with Gasteiger partial charge in [0.2, 0.25) is 0 Å². The molecule has 0 atom stereocenters. The molecule has 0 fully saturated rings. The second-order valence-electron chi connectivity index (χ2n) is 7.22. The van der Waals surface area contributed by atoms with Gasteiger partial charge in [0, 0.05) is 16.8 Å². The molecule has 7 heteroatoms. The van der Waals surface area contributed by atoms with Gasteiger partial charge in [-0.2, -0.15) is 0 Å². The lowest BCUT2D eigenvalue weighted by Crippen LogP contribution is -2.12. The first kappa shape index (κ1) is 22.2. The number of aryl methyl sites for hydroxylation is 2. The molecule has 166 valence electrons. The van der Waals surface area contributed by atoms with E-state index >= 15 is 0 Å². The van der Waals surface area contributed by atoms with Crippen molar-refractivity contribution < 1.29 is 18.8 Å². The van der Waals surface area contributed by atoms with Crippen LogP contribution in [0.1, 0.15) is 37.8 Å². The molecule has 0 spiro atoms. The first-order valence-electron chi connectivity index (χ1n) is 10.2. The van der Waals surface area contributed by atoms with Gasteiger partial charge in [-0.05, 0) is 61.7 Å². The molecule has 4 aromatic rings. The van der Waals surface area contributed by atoms with E-state index in [1.807, 2.05) is 55.6 Å². The van der Waals surface area contributed by atoms with E-state index in [2.05, 4.69) is 22.3 Å². The number of nitrogens with zero attached hydrogens (tertiary/aromatic N) is 1. The third-order valence-corrected chi connectivity index (χ3v) is 5.74. The predicted molar refractivity (Wildman–Crippen MR) is 128 cm³/mol. The van der Waals surface area contributed by atoms with Gasteiger partial charge in [-0.15, -0.1) is 11.3 Å². The number of rotatable bonds is 6. The monoisotopic (exact) mass is 458 g/mol. The zero-order chi connectivity index (χ0) is 23.2. The topological polar surface area (TPSA) is 73.6 Å². The lowest BCUT2D eigenvalue weighted by atomic mass is 10.1. The predicted octanol–water partition coefficient (Wildman–Crippen LogP) is 5.59. The van der Waals surface area contributed by atoms with Crippen LogP contribution in [0.4, 0.5) is 5.69 Å². The number of aromatic nitrogens is 1. The summed E-state index contributed by atoms with van der Waals surface area (Å²) in [6.07, 6.45) is 0. The van der Waals surface area contributed by atoms with Crippen molar-refractivity contribution in [1.82, 2.24) is 5.16 Å². The molecule has 0 bridgehead atoms. The van der Waals surface area contributed by atoms with Gasteiger partial charge in [0.05, 0.1) is 23.2 Å².